The van der Waals surface area contributed by atoms with Gasteiger partial charge in [-0.1, -0.05) is 82.3 Å². The first-order valence-electron chi connectivity index (χ1n) is 14.0. The van der Waals surface area contributed by atoms with E-state index in [2.05, 4.69) is 108 Å². The second-order valence-corrected chi connectivity index (χ2v) is 10.2. The molecule has 0 amide bonds. The molecule has 0 spiro atoms. The zero-order valence-electron chi connectivity index (χ0n) is 23.0. The molecule has 0 fully saturated rings. The SMILES string of the molecule is CCN(CC)Cc1ccc(C2Nc3cccc4c(=O)[nH]nc(c34)C2c2cccc(CN(CC)CC)c2)cc1. The van der Waals surface area contributed by atoms with Crippen molar-refractivity contribution in [2.24, 2.45) is 0 Å². The van der Waals surface area contributed by atoms with E-state index in [-0.39, 0.29) is 17.5 Å². The van der Waals surface area contributed by atoms with Gasteiger partial charge in [0.15, 0.2) is 0 Å². The molecular weight excluding hydrogens is 470 g/mol. The summed E-state index contributed by atoms with van der Waals surface area (Å²) in [6.07, 6.45) is 0. The molecule has 0 aliphatic carbocycles. The van der Waals surface area contributed by atoms with Gasteiger partial charge in [-0.05, 0) is 60.6 Å². The van der Waals surface area contributed by atoms with E-state index >= 15 is 0 Å². The molecule has 1 aliphatic rings. The molecule has 1 aliphatic heterocycles. The van der Waals surface area contributed by atoms with Crippen molar-refractivity contribution in [3.63, 3.8) is 0 Å². The minimum atomic E-state index is -0.152. The second-order valence-electron chi connectivity index (χ2n) is 10.2. The predicted molar refractivity (Wildman–Crippen MR) is 157 cm³/mol. The van der Waals surface area contributed by atoms with E-state index in [9.17, 15) is 4.79 Å². The summed E-state index contributed by atoms with van der Waals surface area (Å²) in [5.41, 5.74) is 6.75. The predicted octanol–water partition coefficient (Wildman–Crippen LogP) is 5.91. The van der Waals surface area contributed by atoms with E-state index < -0.39 is 0 Å². The number of rotatable bonds is 10. The van der Waals surface area contributed by atoms with Crippen LogP contribution in [-0.4, -0.2) is 46.2 Å². The number of hydrogen-bond acceptors (Lipinski definition) is 5. The molecule has 0 saturated carbocycles. The fourth-order valence-electron chi connectivity index (χ4n) is 5.75. The molecule has 0 bridgehead atoms. The lowest BCUT2D eigenvalue weighted by molar-refractivity contribution is 0.295. The lowest BCUT2D eigenvalue weighted by atomic mass is 9.79. The van der Waals surface area contributed by atoms with Gasteiger partial charge in [0.2, 0.25) is 0 Å². The average Bonchev–Trinajstić information content (AvgIpc) is 2.96. The minimum Gasteiger partial charge on any atom is -0.377 e. The van der Waals surface area contributed by atoms with E-state index in [1.807, 2.05) is 12.1 Å². The molecule has 4 aromatic rings. The highest BCUT2D eigenvalue weighted by Crippen LogP contribution is 2.46. The van der Waals surface area contributed by atoms with Crippen LogP contribution in [0.25, 0.3) is 10.8 Å². The Bertz CT molecular complexity index is 1440. The Labute approximate surface area is 225 Å². The highest BCUT2D eigenvalue weighted by atomic mass is 16.1. The third-order valence-electron chi connectivity index (χ3n) is 8.03. The Hall–Kier alpha value is -3.48. The maximum absolute atomic E-state index is 12.7. The van der Waals surface area contributed by atoms with Crippen LogP contribution in [0.3, 0.4) is 0 Å². The summed E-state index contributed by atoms with van der Waals surface area (Å²) in [6.45, 7) is 14.8. The van der Waals surface area contributed by atoms with Crippen LogP contribution in [0, 0.1) is 0 Å². The molecular formula is C32H39N5O. The van der Waals surface area contributed by atoms with Crippen LogP contribution in [0.5, 0.6) is 0 Å². The molecule has 0 saturated heterocycles. The number of hydrogen-bond donors (Lipinski definition) is 2. The quantitative estimate of drug-likeness (QED) is 0.278. The van der Waals surface area contributed by atoms with Crippen LogP contribution in [0.15, 0.2) is 71.5 Å². The van der Waals surface area contributed by atoms with Crippen molar-refractivity contribution in [1.82, 2.24) is 20.0 Å². The van der Waals surface area contributed by atoms with Gasteiger partial charge < -0.3 is 5.32 Å². The Morgan fingerprint density at radius 2 is 1.42 bits per heavy atom. The third-order valence-corrected chi connectivity index (χ3v) is 8.03. The first kappa shape index (κ1) is 26.1. The van der Waals surface area contributed by atoms with Crippen molar-refractivity contribution < 1.29 is 0 Å². The summed E-state index contributed by atoms with van der Waals surface area (Å²) < 4.78 is 0. The van der Waals surface area contributed by atoms with Crippen molar-refractivity contribution in [3.05, 3.63) is 105 Å². The summed E-state index contributed by atoms with van der Waals surface area (Å²) in [4.78, 5) is 17.5. The van der Waals surface area contributed by atoms with Crippen LogP contribution in [0.1, 0.15) is 67.6 Å². The first-order valence-corrected chi connectivity index (χ1v) is 14.0. The van der Waals surface area contributed by atoms with E-state index in [1.54, 1.807) is 0 Å². The van der Waals surface area contributed by atoms with E-state index in [4.69, 9.17) is 0 Å². The summed E-state index contributed by atoms with van der Waals surface area (Å²) >= 11 is 0. The Morgan fingerprint density at radius 3 is 2.11 bits per heavy atom. The molecule has 2 heterocycles. The summed E-state index contributed by atoms with van der Waals surface area (Å²) in [6, 6.07) is 23.8. The van der Waals surface area contributed by atoms with Gasteiger partial charge in [-0.15, -0.1) is 0 Å². The van der Waals surface area contributed by atoms with Gasteiger partial charge in [-0.2, -0.15) is 5.10 Å². The van der Waals surface area contributed by atoms with Crippen molar-refractivity contribution in [3.8, 4) is 0 Å². The van der Waals surface area contributed by atoms with Crippen LogP contribution >= 0.6 is 0 Å². The van der Waals surface area contributed by atoms with Crippen molar-refractivity contribution in [2.75, 3.05) is 31.5 Å². The maximum Gasteiger partial charge on any atom is 0.272 e. The highest BCUT2D eigenvalue weighted by molar-refractivity contribution is 5.97. The van der Waals surface area contributed by atoms with E-state index in [0.29, 0.717) is 5.39 Å². The molecule has 6 heteroatoms. The number of aromatic amines is 1. The number of H-pyrrole nitrogens is 1. The number of benzene rings is 3. The molecule has 6 nitrogen and oxygen atoms in total. The van der Waals surface area contributed by atoms with Crippen LogP contribution < -0.4 is 10.9 Å². The first-order chi connectivity index (χ1) is 18.6. The lowest BCUT2D eigenvalue weighted by Crippen LogP contribution is -2.28. The van der Waals surface area contributed by atoms with Crippen molar-refractivity contribution in [1.29, 1.82) is 0 Å². The monoisotopic (exact) mass is 509 g/mol. The largest absolute Gasteiger partial charge is 0.377 e. The molecule has 198 valence electrons. The summed E-state index contributed by atoms with van der Waals surface area (Å²) in [7, 11) is 0. The van der Waals surface area contributed by atoms with Crippen LogP contribution in [0.2, 0.25) is 0 Å². The summed E-state index contributed by atoms with van der Waals surface area (Å²) in [5, 5.41) is 12.9. The molecule has 1 aromatic heterocycles. The van der Waals surface area contributed by atoms with Crippen molar-refractivity contribution >= 4 is 16.5 Å². The fourth-order valence-corrected chi connectivity index (χ4v) is 5.75. The Balaban J connectivity index is 1.60. The third kappa shape index (κ3) is 5.11. The number of nitrogens with zero attached hydrogens (tertiary/aromatic N) is 3. The zero-order chi connectivity index (χ0) is 26.6. The van der Waals surface area contributed by atoms with E-state index in [0.717, 1.165) is 56.0 Å². The van der Waals surface area contributed by atoms with Gasteiger partial charge in [-0.25, -0.2) is 5.10 Å². The Morgan fingerprint density at radius 1 is 0.763 bits per heavy atom. The molecule has 5 rings (SSSR count). The zero-order valence-corrected chi connectivity index (χ0v) is 23.0. The smallest absolute Gasteiger partial charge is 0.272 e. The fraction of sp³-hybridized carbons (Fsp3) is 0.375. The summed E-state index contributed by atoms with van der Waals surface area (Å²) in [5.74, 6) is -0.0467. The topological polar surface area (TPSA) is 64.3 Å². The van der Waals surface area contributed by atoms with Crippen LogP contribution in [0.4, 0.5) is 5.69 Å². The minimum absolute atomic E-state index is 0.0160. The lowest BCUT2D eigenvalue weighted by Gasteiger charge is -2.35. The number of aromatic nitrogens is 2. The van der Waals surface area contributed by atoms with Crippen molar-refractivity contribution in [2.45, 2.75) is 52.7 Å². The molecule has 2 N–H and O–H groups in total. The molecule has 2 unspecified atom stereocenters. The number of nitrogens with one attached hydrogen (secondary N) is 2. The van der Waals surface area contributed by atoms with Gasteiger partial charge >= 0.3 is 0 Å². The van der Waals surface area contributed by atoms with E-state index in [1.165, 1.54) is 22.3 Å². The van der Waals surface area contributed by atoms with Gasteiger partial charge in [0.25, 0.3) is 5.56 Å². The van der Waals surface area contributed by atoms with Gasteiger partial charge in [0.05, 0.1) is 23.0 Å². The van der Waals surface area contributed by atoms with Gasteiger partial charge in [-0.3, -0.25) is 14.6 Å². The molecule has 0 radical (unpaired) electrons. The normalized spacial score (nSPS) is 16.8. The van der Waals surface area contributed by atoms with Gasteiger partial charge in [0, 0.05) is 24.2 Å². The van der Waals surface area contributed by atoms with Crippen LogP contribution in [-0.2, 0) is 13.1 Å². The standard InChI is InChI=1S/C32H39N5O/c1-5-36(6-2)20-22-15-17-24(18-16-22)30-28(25-12-9-11-23(19-25)21-37(7-3)8-4)31-29-26(32(38)35-34-31)13-10-14-27(29)33-30/h9-19,28,30,33H,5-8,20-21H2,1-4H3,(H,35,38). The molecule has 2 atom stereocenters. The second kappa shape index (κ2) is 11.5. The Kier molecular flexibility index (Phi) is 7.91. The molecule has 38 heavy (non-hydrogen) atoms. The number of anilines is 1. The van der Waals surface area contributed by atoms with Gasteiger partial charge in [0.1, 0.15) is 0 Å². The molecule has 3 aromatic carbocycles. The highest BCUT2D eigenvalue weighted by Gasteiger charge is 2.35. The maximum atomic E-state index is 12.7. The average molecular weight is 510 g/mol.